The highest BCUT2D eigenvalue weighted by atomic mass is 16.5. The lowest BCUT2D eigenvalue weighted by Crippen LogP contribution is -2.45. The Hall–Kier alpha value is -1.92. The van der Waals surface area contributed by atoms with E-state index in [1.54, 1.807) is 41.5 Å². The second kappa shape index (κ2) is 9.85. The van der Waals surface area contributed by atoms with Crippen molar-refractivity contribution in [2.75, 3.05) is 14.2 Å². The van der Waals surface area contributed by atoms with Crippen molar-refractivity contribution >= 4 is 23.7 Å². The minimum absolute atomic E-state index is 0. The first kappa shape index (κ1) is 29.8. The standard InChI is InChI=1S/C10H18O3.C9H16O4.CH4/c1-7(11)9(2,3)10(4,5)8(12)13-6;1-8(2,6(10)11)9(3,4)7(12)13-5;/h1-6H3;1-5H3,(H,10,11);1H4. The van der Waals surface area contributed by atoms with Gasteiger partial charge >= 0.3 is 17.9 Å². The number of carboxylic acid groups (broad SMARTS) is 1. The molecule has 0 amide bonds. The van der Waals surface area contributed by atoms with Crippen molar-refractivity contribution in [3.8, 4) is 0 Å². The number of ketones is 1. The van der Waals surface area contributed by atoms with Gasteiger partial charge in [-0.05, 0) is 48.5 Å². The van der Waals surface area contributed by atoms with Crippen LogP contribution in [0.3, 0.4) is 0 Å². The van der Waals surface area contributed by atoms with Crippen LogP contribution in [0.25, 0.3) is 0 Å². The number of ether oxygens (including phenoxy) is 2. The molecule has 0 unspecified atom stereocenters. The Balaban J connectivity index is -0.000000411. The van der Waals surface area contributed by atoms with Crippen molar-refractivity contribution in [1.82, 2.24) is 0 Å². The summed E-state index contributed by atoms with van der Waals surface area (Å²) in [5.74, 6) is -1.89. The molecule has 0 saturated heterocycles. The molecule has 0 aromatic heterocycles. The van der Waals surface area contributed by atoms with Crippen molar-refractivity contribution in [2.45, 2.75) is 69.7 Å². The molecule has 7 heteroatoms. The van der Waals surface area contributed by atoms with E-state index in [4.69, 9.17) is 5.11 Å². The van der Waals surface area contributed by atoms with E-state index in [1.165, 1.54) is 35.0 Å². The minimum Gasteiger partial charge on any atom is -0.481 e. The molecule has 27 heavy (non-hydrogen) atoms. The summed E-state index contributed by atoms with van der Waals surface area (Å²) in [6, 6.07) is 0. The van der Waals surface area contributed by atoms with Crippen LogP contribution < -0.4 is 0 Å². The van der Waals surface area contributed by atoms with Crippen molar-refractivity contribution in [3.05, 3.63) is 0 Å². The van der Waals surface area contributed by atoms with Crippen molar-refractivity contribution in [1.29, 1.82) is 0 Å². The lowest BCUT2D eigenvalue weighted by Gasteiger charge is -2.36. The summed E-state index contributed by atoms with van der Waals surface area (Å²) in [6.45, 7) is 14.6. The number of carboxylic acids is 1. The maximum Gasteiger partial charge on any atom is 0.312 e. The summed E-state index contributed by atoms with van der Waals surface area (Å²) in [4.78, 5) is 44.9. The predicted octanol–water partition coefficient (Wildman–Crippen LogP) is 3.73. The summed E-state index contributed by atoms with van der Waals surface area (Å²) >= 11 is 0. The van der Waals surface area contributed by atoms with Crippen LogP contribution in [0.5, 0.6) is 0 Å². The zero-order valence-corrected chi connectivity index (χ0v) is 17.9. The van der Waals surface area contributed by atoms with E-state index < -0.39 is 33.6 Å². The Labute approximate surface area is 163 Å². The zero-order valence-electron chi connectivity index (χ0n) is 17.9. The molecule has 7 nitrogen and oxygen atoms in total. The molecule has 0 saturated carbocycles. The number of methoxy groups -OCH3 is 2. The van der Waals surface area contributed by atoms with Gasteiger partial charge in [-0.25, -0.2) is 0 Å². The van der Waals surface area contributed by atoms with Gasteiger partial charge in [0.1, 0.15) is 5.78 Å². The molecule has 0 heterocycles. The smallest absolute Gasteiger partial charge is 0.312 e. The molecule has 0 aliphatic carbocycles. The SMILES string of the molecule is C.COC(=O)C(C)(C)C(C)(C)C(=O)O.COC(=O)C(C)(C)C(C)(C)C(C)=O. The predicted molar refractivity (Wildman–Crippen MR) is 104 cm³/mol. The van der Waals surface area contributed by atoms with E-state index in [9.17, 15) is 19.2 Å². The van der Waals surface area contributed by atoms with Gasteiger partial charge in [-0.2, -0.15) is 0 Å². The molecule has 0 aliphatic rings. The second-order valence-electron chi connectivity index (χ2n) is 8.34. The Morgan fingerprint density at radius 3 is 1.07 bits per heavy atom. The molecule has 0 aromatic rings. The van der Waals surface area contributed by atoms with Gasteiger partial charge < -0.3 is 14.6 Å². The lowest BCUT2D eigenvalue weighted by atomic mass is 9.66. The first-order valence-corrected chi connectivity index (χ1v) is 8.26. The maximum atomic E-state index is 11.4. The molecule has 1 N–H and O–H groups in total. The number of hydrogen-bond donors (Lipinski definition) is 1. The van der Waals surface area contributed by atoms with E-state index in [0.29, 0.717) is 0 Å². The van der Waals surface area contributed by atoms with Crippen molar-refractivity contribution < 1.29 is 33.8 Å². The van der Waals surface area contributed by atoms with Gasteiger partial charge in [-0.1, -0.05) is 21.3 Å². The number of Topliss-reactive ketones (excluding diaryl/α,β-unsaturated/α-hetero) is 1. The molecule has 0 bridgehead atoms. The van der Waals surface area contributed by atoms with Crippen LogP contribution in [0.15, 0.2) is 0 Å². The van der Waals surface area contributed by atoms with E-state index >= 15 is 0 Å². The average molecular weight is 391 g/mol. The molecular weight excluding hydrogens is 352 g/mol. The molecule has 0 rings (SSSR count). The Kier molecular flexibility index (Phi) is 10.9. The van der Waals surface area contributed by atoms with Gasteiger partial charge in [-0.3, -0.25) is 19.2 Å². The summed E-state index contributed by atoms with van der Waals surface area (Å²) in [5.41, 5.74) is -3.65. The van der Waals surface area contributed by atoms with Crippen LogP contribution in [0.4, 0.5) is 0 Å². The fraction of sp³-hybridized carbons (Fsp3) is 0.800. The Morgan fingerprint density at radius 2 is 0.889 bits per heavy atom. The summed E-state index contributed by atoms with van der Waals surface area (Å²) in [6.07, 6.45) is 0. The zero-order chi connectivity index (χ0) is 21.7. The molecule has 0 aliphatic heterocycles. The monoisotopic (exact) mass is 390 g/mol. The third-order valence-electron chi connectivity index (χ3n) is 5.93. The Bertz CT molecular complexity index is 505. The van der Waals surface area contributed by atoms with E-state index in [-0.39, 0.29) is 19.2 Å². The maximum absolute atomic E-state index is 11.4. The third-order valence-corrected chi connectivity index (χ3v) is 5.93. The first-order valence-electron chi connectivity index (χ1n) is 8.26. The highest BCUT2D eigenvalue weighted by Gasteiger charge is 2.49. The number of aliphatic carboxylic acids is 1. The third kappa shape index (κ3) is 6.04. The molecule has 0 spiro atoms. The normalized spacial score (nSPS) is 12.0. The highest BCUT2D eigenvalue weighted by Crippen LogP contribution is 2.40. The largest absolute Gasteiger partial charge is 0.481 e. The van der Waals surface area contributed by atoms with E-state index in [1.807, 2.05) is 0 Å². The van der Waals surface area contributed by atoms with E-state index in [2.05, 4.69) is 9.47 Å². The molecular formula is C20H38O7. The summed E-state index contributed by atoms with van der Waals surface area (Å²) < 4.78 is 9.21. The fourth-order valence-corrected chi connectivity index (χ4v) is 1.73. The molecule has 0 fully saturated rings. The van der Waals surface area contributed by atoms with Gasteiger partial charge in [0.25, 0.3) is 0 Å². The van der Waals surface area contributed by atoms with Gasteiger partial charge in [0.2, 0.25) is 0 Å². The van der Waals surface area contributed by atoms with Crippen LogP contribution in [0, 0.1) is 21.7 Å². The van der Waals surface area contributed by atoms with E-state index in [0.717, 1.165) is 0 Å². The van der Waals surface area contributed by atoms with Crippen LogP contribution in [-0.2, 0) is 28.7 Å². The van der Waals surface area contributed by atoms with Gasteiger partial charge in [0.15, 0.2) is 0 Å². The second-order valence-corrected chi connectivity index (χ2v) is 8.34. The van der Waals surface area contributed by atoms with Gasteiger partial charge in [0.05, 0.1) is 30.5 Å². The minimum atomic E-state index is -1.14. The number of carbonyl (C=O) groups is 4. The van der Waals surface area contributed by atoms with Crippen LogP contribution in [0.1, 0.15) is 69.7 Å². The Morgan fingerprint density at radius 1 is 0.630 bits per heavy atom. The lowest BCUT2D eigenvalue weighted by molar-refractivity contribution is -0.170. The van der Waals surface area contributed by atoms with Crippen molar-refractivity contribution in [2.24, 2.45) is 21.7 Å². The van der Waals surface area contributed by atoms with Crippen LogP contribution in [0.2, 0.25) is 0 Å². The fourth-order valence-electron chi connectivity index (χ4n) is 1.73. The molecule has 0 radical (unpaired) electrons. The summed E-state index contributed by atoms with van der Waals surface area (Å²) in [5, 5.41) is 8.91. The molecule has 0 aromatic carbocycles. The summed E-state index contributed by atoms with van der Waals surface area (Å²) in [7, 11) is 2.59. The van der Waals surface area contributed by atoms with Crippen LogP contribution >= 0.6 is 0 Å². The van der Waals surface area contributed by atoms with Crippen LogP contribution in [-0.4, -0.2) is 43.0 Å². The topological polar surface area (TPSA) is 107 Å². The number of esters is 2. The number of hydrogen-bond acceptors (Lipinski definition) is 6. The number of rotatable bonds is 6. The quantitative estimate of drug-likeness (QED) is 0.688. The average Bonchev–Trinajstić information content (AvgIpc) is 2.52. The number of carbonyl (C=O) groups excluding carboxylic acids is 3. The molecule has 0 atom stereocenters. The highest BCUT2D eigenvalue weighted by molar-refractivity contribution is 5.90. The van der Waals surface area contributed by atoms with Gasteiger partial charge in [0, 0.05) is 5.41 Å². The molecule has 160 valence electrons. The first-order chi connectivity index (χ1) is 11.3. The van der Waals surface area contributed by atoms with Crippen molar-refractivity contribution in [3.63, 3.8) is 0 Å². The van der Waals surface area contributed by atoms with Gasteiger partial charge in [-0.15, -0.1) is 0 Å².